The van der Waals surface area contributed by atoms with Crippen molar-refractivity contribution in [2.45, 2.75) is 166 Å². The molecule has 4 nitrogen and oxygen atoms in total. The number of aliphatic carboxylic acids is 2. The van der Waals surface area contributed by atoms with Gasteiger partial charge in [0.1, 0.15) is 0 Å². The molecule has 0 rings (SSSR count). The van der Waals surface area contributed by atoms with Gasteiger partial charge in [-0.05, 0) is 25.7 Å². The molecule has 0 aliphatic carbocycles. The Kier molecular flexibility index (Phi) is 41.2. The number of carbonyl (C=O) groups excluding carboxylic acids is 2. The van der Waals surface area contributed by atoms with Crippen molar-refractivity contribution in [3.8, 4) is 0 Å². The van der Waals surface area contributed by atoms with Gasteiger partial charge in [-0.15, -0.1) is 0 Å². The van der Waals surface area contributed by atoms with Crippen LogP contribution in [-0.2, 0) is 9.59 Å². The summed E-state index contributed by atoms with van der Waals surface area (Å²) in [7, 11) is 0. The summed E-state index contributed by atoms with van der Waals surface area (Å²) in [6.07, 6.45) is 25.1. The molecular weight excluding hydrogens is 609 g/mol. The molecular formula is C28H55BiO4. The molecule has 33 heavy (non-hydrogen) atoms. The summed E-state index contributed by atoms with van der Waals surface area (Å²) in [6.45, 7) is 6.67. The summed E-state index contributed by atoms with van der Waals surface area (Å²) in [5, 5.41) is 20.2. The second-order valence-corrected chi connectivity index (χ2v) is 10.7. The molecule has 0 amide bonds. The van der Waals surface area contributed by atoms with Crippen molar-refractivity contribution in [1.29, 1.82) is 0 Å². The van der Waals surface area contributed by atoms with E-state index in [1.807, 2.05) is 0 Å². The van der Waals surface area contributed by atoms with E-state index in [2.05, 4.69) is 20.8 Å². The van der Waals surface area contributed by atoms with E-state index in [-0.39, 0.29) is 12.8 Å². The van der Waals surface area contributed by atoms with Gasteiger partial charge < -0.3 is 19.8 Å². The number of unbranched alkanes of at least 4 members (excludes halogenated alkanes) is 17. The number of rotatable bonds is 22. The summed E-state index contributed by atoms with van der Waals surface area (Å²) in [5.41, 5.74) is 0. The maximum atomic E-state index is 10.1. The molecule has 0 saturated carbocycles. The van der Waals surface area contributed by atoms with Gasteiger partial charge in [0.2, 0.25) is 0 Å². The minimum atomic E-state index is -0.909. The first-order valence-corrected chi connectivity index (χ1v) is 16.4. The van der Waals surface area contributed by atoms with E-state index in [4.69, 9.17) is 0 Å². The zero-order chi connectivity index (χ0) is 25.4. The van der Waals surface area contributed by atoms with Crippen LogP contribution in [0.25, 0.3) is 0 Å². The molecule has 0 fully saturated rings. The molecule has 0 aliphatic heterocycles. The average Bonchev–Trinajstić information content (AvgIpc) is 2.78. The molecule has 0 spiro atoms. The van der Waals surface area contributed by atoms with Crippen LogP contribution < -0.4 is 10.2 Å². The fraction of sp³-hybridized carbons (Fsp3) is 0.929. The normalized spacial score (nSPS) is 10.0. The van der Waals surface area contributed by atoms with Crippen LogP contribution in [0.4, 0.5) is 0 Å². The summed E-state index contributed by atoms with van der Waals surface area (Å²) >= 11 is 1.56. The van der Waals surface area contributed by atoms with Gasteiger partial charge in [0.25, 0.3) is 0 Å². The summed E-state index contributed by atoms with van der Waals surface area (Å²) in [6, 6.07) is 0. The summed E-state index contributed by atoms with van der Waals surface area (Å²) < 4.78 is 1.45. The molecule has 0 atom stereocenters. The van der Waals surface area contributed by atoms with Crippen LogP contribution in [0.5, 0.6) is 0 Å². The summed E-state index contributed by atoms with van der Waals surface area (Å²) in [5.74, 6) is -1.82. The van der Waals surface area contributed by atoms with Gasteiger partial charge in [-0.1, -0.05) is 117 Å². The van der Waals surface area contributed by atoms with Gasteiger partial charge in [-0.2, -0.15) is 0 Å². The minimum absolute atomic E-state index is 0.232. The zero-order valence-corrected chi connectivity index (χ0v) is 25.8. The molecule has 0 saturated heterocycles. The van der Waals surface area contributed by atoms with Gasteiger partial charge in [0.05, 0.1) is 0 Å². The number of carbonyl (C=O) groups is 2. The Balaban J connectivity index is -0.000000453. The molecule has 0 aromatic carbocycles. The average molecular weight is 665 g/mol. The third-order valence-electron chi connectivity index (χ3n) is 5.48. The van der Waals surface area contributed by atoms with E-state index in [1.165, 1.54) is 107 Å². The number of hydrogen-bond acceptors (Lipinski definition) is 4. The first kappa shape index (κ1) is 37.4. The van der Waals surface area contributed by atoms with Crippen LogP contribution in [0, 0.1) is 0 Å². The first-order chi connectivity index (χ1) is 16.0. The van der Waals surface area contributed by atoms with Crippen molar-refractivity contribution in [3.63, 3.8) is 0 Å². The van der Waals surface area contributed by atoms with Crippen LogP contribution >= 0.6 is 0 Å². The van der Waals surface area contributed by atoms with Crippen LogP contribution in [0.15, 0.2) is 0 Å². The monoisotopic (exact) mass is 664 g/mol. The zero-order valence-electron chi connectivity index (χ0n) is 22.3. The second-order valence-electron chi connectivity index (χ2n) is 8.98. The molecule has 0 aromatic rings. The molecule has 196 valence electrons. The molecule has 0 unspecified atom stereocenters. The van der Waals surface area contributed by atoms with E-state index >= 15 is 0 Å². The predicted molar refractivity (Wildman–Crippen MR) is 139 cm³/mol. The fourth-order valence-corrected chi connectivity index (χ4v) is 4.55. The maximum absolute atomic E-state index is 10.1. The second kappa shape index (κ2) is 36.4. The first-order valence-electron chi connectivity index (χ1n) is 14.0. The molecule has 0 bridgehead atoms. The van der Waals surface area contributed by atoms with Crippen molar-refractivity contribution in [2.24, 2.45) is 0 Å². The van der Waals surface area contributed by atoms with Crippen molar-refractivity contribution < 1.29 is 19.8 Å². The van der Waals surface area contributed by atoms with Gasteiger partial charge in [0.15, 0.2) is 0 Å². The van der Waals surface area contributed by atoms with E-state index < -0.39 is 11.9 Å². The van der Waals surface area contributed by atoms with Crippen LogP contribution in [0.3, 0.4) is 0 Å². The SMILES string of the molecule is CCCCCCCCCCCC(=O)[O-].CCCCCCCCCCCC(=O)[O-].CCC[CH2][Bi+2]. The van der Waals surface area contributed by atoms with E-state index in [0.29, 0.717) is 0 Å². The Morgan fingerprint density at radius 3 is 0.879 bits per heavy atom. The van der Waals surface area contributed by atoms with Gasteiger partial charge >= 0.3 is 48.6 Å². The molecule has 5 heteroatoms. The molecule has 0 aliphatic rings. The number of carboxylic acids is 2. The van der Waals surface area contributed by atoms with Crippen LogP contribution in [0.2, 0.25) is 4.13 Å². The van der Waals surface area contributed by atoms with E-state index in [9.17, 15) is 19.8 Å². The Morgan fingerprint density at radius 1 is 0.455 bits per heavy atom. The summed E-state index contributed by atoms with van der Waals surface area (Å²) in [4.78, 5) is 20.2. The molecule has 0 heterocycles. The molecule has 2 radical (unpaired) electrons. The van der Waals surface area contributed by atoms with Gasteiger partial charge in [0, 0.05) is 11.9 Å². The van der Waals surface area contributed by atoms with Crippen molar-refractivity contribution >= 4 is 36.7 Å². The Bertz CT molecular complexity index is 341. The van der Waals surface area contributed by atoms with Crippen LogP contribution in [0.1, 0.15) is 162 Å². The van der Waals surface area contributed by atoms with Crippen LogP contribution in [-0.4, -0.2) is 36.7 Å². The quantitative estimate of drug-likeness (QED) is 0.0955. The van der Waals surface area contributed by atoms with Crippen molar-refractivity contribution in [1.82, 2.24) is 0 Å². The Labute approximate surface area is 221 Å². The predicted octanol–water partition coefficient (Wildman–Crippen LogP) is 6.69. The number of hydrogen-bond donors (Lipinski definition) is 0. The Morgan fingerprint density at radius 2 is 0.697 bits per heavy atom. The van der Waals surface area contributed by atoms with Gasteiger partial charge in [-0.25, -0.2) is 0 Å². The third-order valence-corrected chi connectivity index (χ3v) is 6.71. The fourth-order valence-electron chi connectivity index (χ4n) is 3.32. The van der Waals surface area contributed by atoms with E-state index in [1.54, 1.807) is 24.7 Å². The molecule has 0 aromatic heterocycles. The van der Waals surface area contributed by atoms with Gasteiger partial charge in [-0.3, -0.25) is 0 Å². The van der Waals surface area contributed by atoms with Crippen molar-refractivity contribution in [2.75, 3.05) is 0 Å². The number of carboxylic acid groups (broad SMARTS) is 2. The van der Waals surface area contributed by atoms with E-state index in [0.717, 1.165) is 25.7 Å². The third kappa shape index (κ3) is 49.9. The van der Waals surface area contributed by atoms with Crippen molar-refractivity contribution in [3.05, 3.63) is 0 Å². The Hall–Kier alpha value is -0.177. The standard InChI is InChI=1S/2C12H24O2.C4H9.Bi/c2*1-2-3-4-5-6-7-8-9-10-11-12(13)14;1-3-4-2;/h2*2-11H2,1H3,(H,13,14);1,3-4H2,2H3;/q;;;+2/p-2. The molecule has 0 N–H and O–H groups in total. The topological polar surface area (TPSA) is 80.3 Å².